The number of thiazole rings is 1. The number of halogens is 1. The summed E-state index contributed by atoms with van der Waals surface area (Å²) in [5.41, 5.74) is 1.51. The Labute approximate surface area is 146 Å². The van der Waals surface area contributed by atoms with Gasteiger partial charge in [0, 0.05) is 18.0 Å². The van der Waals surface area contributed by atoms with Crippen molar-refractivity contribution in [3.05, 3.63) is 41.2 Å². The lowest BCUT2D eigenvalue weighted by atomic mass is 10.2. The summed E-state index contributed by atoms with van der Waals surface area (Å²) in [6, 6.07) is 6.16. The van der Waals surface area contributed by atoms with Crippen LogP contribution in [0.15, 0.2) is 34.8 Å². The lowest BCUT2D eigenvalue weighted by Crippen LogP contribution is -2.14. The van der Waals surface area contributed by atoms with Gasteiger partial charge in [-0.2, -0.15) is 0 Å². The largest absolute Gasteiger partial charge is 0.305 e. The summed E-state index contributed by atoms with van der Waals surface area (Å²) in [4.78, 5) is 16.1. The Bertz CT molecular complexity index is 876. The van der Waals surface area contributed by atoms with Crippen molar-refractivity contribution in [2.75, 3.05) is 11.1 Å². The smallest absolute Gasteiger partial charge is 0.236 e. The zero-order valence-corrected chi connectivity index (χ0v) is 14.6. The maximum Gasteiger partial charge on any atom is 0.236 e. The molecule has 0 bridgehead atoms. The van der Waals surface area contributed by atoms with Gasteiger partial charge in [0.05, 0.1) is 11.4 Å². The first-order valence-electron chi connectivity index (χ1n) is 7.03. The molecule has 3 aromatic rings. The highest BCUT2D eigenvalue weighted by Gasteiger charge is 2.14. The number of aromatic nitrogens is 4. The molecule has 1 amide bonds. The van der Waals surface area contributed by atoms with Crippen molar-refractivity contribution in [2.45, 2.75) is 12.1 Å². The van der Waals surface area contributed by atoms with Crippen molar-refractivity contribution in [3.63, 3.8) is 0 Å². The normalized spacial score (nSPS) is 10.8. The van der Waals surface area contributed by atoms with E-state index in [-0.39, 0.29) is 17.5 Å². The van der Waals surface area contributed by atoms with Crippen molar-refractivity contribution in [2.24, 2.45) is 7.05 Å². The van der Waals surface area contributed by atoms with Crippen LogP contribution < -0.4 is 5.32 Å². The van der Waals surface area contributed by atoms with Gasteiger partial charge >= 0.3 is 0 Å². The van der Waals surface area contributed by atoms with Crippen LogP contribution in [0.2, 0.25) is 0 Å². The molecule has 0 fully saturated rings. The molecule has 0 aliphatic heterocycles. The van der Waals surface area contributed by atoms with Crippen LogP contribution in [-0.4, -0.2) is 31.4 Å². The summed E-state index contributed by atoms with van der Waals surface area (Å²) in [5, 5.41) is 13.9. The Balaban J connectivity index is 1.65. The van der Waals surface area contributed by atoms with Gasteiger partial charge in [-0.1, -0.05) is 23.9 Å². The molecule has 3 rings (SSSR count). The molecule has 124 valence electrons. The molecule has 0 aliphatic rings. The number of nitrogens with zero attached hydrogens (tertiary/aromatic N) is 4. The zero-order valence-electron chi connectivity index (χ0n) is 13.0. The third-order valence-corrected chi connectivity index (χ3v) is 5.01. The first-order chi connectivity index (χ1) is 11.5. The maximum absolute atomic E-state index is 13.3. The Morgan fingerprint density at radius 3 is 2.96 bits per heavy atom. The van der Waals surface area contributed by atoms with Gasteiger partial charge in [0.15, 0.2) is 16.1 Å². The van der Waals surface area contributed by atoms with Crippen LogP contribution in [0, 0.1) is 12.7 Å². The summed E-state index contributed by atoms with van der Waals surface area (Å²) < 4.78 is 15.1. The van der Waals surface area contributed by atoms with Gasteiger partial charge in [-0.15, -0.1) is 21.5 Å². The van der Waals surface area contributed by atoms with Crippen molar-refractivity contribution in [3.8, 4) is 11.4 Å². The quantitative estimate of drug-likeness (QED) is 0.705. The van der Waals surface area contributed by atoms with E-state index in [1.54, 1.807) is 23.7 Å². The van der Waals surface area contributed by atoms with Crippen LogP contribution in [0.5, 0.6) is 0 Å². The number of aryl methyl sites for hydroxylation is 1. The molecule has 0 unspecified atom stereocenters. The molecule has 0 saturated carbocycles. The molecular formula is C15H14FN5OS2. The second-order valence-corrected chi connectivity index (χ2v) is 6.81. The molecule has 9 heteroatoms. The van der Waals surface area contributed by atoms with Gasteiger partial charge in [-0.25, -0.2) is 9.37 Å². The topological polar surface area (TPSA) is 72.7 Å². The molecule has 24 heavy (non-hydrogen) atoms. The SMILES string of the molecule is Cc1csc(NC(=O)CSc2nnc(-c3cccc(F)c3)n2C)n1. The summed E-state index contributed by atoms with van der Waals surface area (Å²) in [6.45, 7) is 1.87. The average molecular weight is 363 g/mol. The summed E-state index contributed by atoms with van der Waals surface area (Å²) in [6.07, 6.45) is 0. The first kappa shape index (κ1) is 16.6. The standard InChI is InChI=1S/C15H14FN5OS2/c1-9-7-23-14(17-9)18-12(22)8-24-15-20-19-13(21(15)2)10-4-3-5-11(16)6-10/h3-7H,8H2,1-2H3,(H,17,18,22). The first-order valence-corrected chi connectivity index (χ1v) is 8.89. The lowest BCUT2D eigenvalue weighted by molar-refractivity contribution is -0.113. The number of rotatable bonds is 5. The van der Waals surface area contributed by atoms with Crippen LogP contribution in [0.3, 0.4) is 0 Å². The van der Waals surface area contributed by atoms with Crippen LogP contribution >= 0.6 is 23.1 Å². The number of nitrogens with one attached hydrogen (secondary N) is 1. The van der Waals surface area contributed by atoms with E-state index in [4.69, 9.17) is 0 Å². The van der Waals surface area contributed by atoms with Gasteiger partial charge < -0.3 is 9.88 Å². The Morgan fingerprint density at radius 2 is 2.25 bits per heavy atom. The minimum Gasteiger partial charge on any atom is -0.305 e. The highest BCUT2D eigenvalue weighted by molar-refractivity contribution is 7.99. The van der Waals surface area contributed by atoms with E-state index in [0.29, 0.717) is 21.7 Å². The molecule has 1 aromatic carbocycles. The number of thioether (sulfide) groups is 1. The highest BCUT2D eigenvalue weighted by atomic mass is 32.2. The van der Waals surface area contributed by atoms with E-state index >= 15 is 0 Å². The fourth-order valence-corrected chi connectivity index (χ4v) is 3.43. The van der Waals surface area contributed by atoms with Crippen LogP contribution in [0.1, 0.15) is 5.69 Å². The predicted molar refractivity (Wildman–Crippen MR) is 92.6 cm³/mol. The van der Waals surface area contributed by atoms with E-state index in [0.717, 1.165) is 5.69 Å². The number of carbonyl (C=O) groups is 1. The molecule has 0 radical (unpaired) electrons. The van der Waals surface area contributed by atoms with Crippen LogP contribution in [-0.2, 0) is 11.8 Å². The maximum atomic E-state index is 13.3. The summed E-state index contributed by atoms with van der Waals surface area (Å²) in [7, 11) is 1.78. The third kappa shape index (κ3) is 3.80. The van der Waals surface area contributed by atoms with E-state index < -0.39 is 0 Å². The minimum absolute atomic E-state index is 0.162. The van der Waals surface area contributed by atoms with E-state index in [2.05, 4.69) is 20.5 Å². The molecule has 0 aliphatic carbocycles. The predicted octanol–water partition coefficient (Wildman–Crippen LogP) is 3.12. The Morgan fingerprint density at radius 1 is 1.42 bits per heavy atom. The second-order valence-electron chi connectivity index (χ2n) is 5.01. The lowest BCUT2D eigenvalue weighted by Gasteiger charge is -2.04. The van der Waals surface area contributed by atoms with E-state index in [1.807, 2.05) is 12.3 Å². The summed E-state index contributed by atoms with van der Waals surface area (Å²) >= 11 is 2.65. The van der Waals surface area contributed by atoms with E-state index in [1.165, 1.54) is 35.2 Å². The van der Waals surface area contributed by atoms with Crippen molar-refractivity contribution in [1.29, 1.82) is 0 Å². The fourth-order valence-electron chi connectivity index (χ4n) is 2.02. The van der Waals surface area contributed by atoms with Crippen molar-refractivity contribution in [1.82, 2.24) is 19.7 Å². The molecular weight excluding hydrogens is 349 g/mol. The molecule has 2 heterocycles. The number of carbonyl (C=O) groups excluding carboxylic acids is 1. The number of amides is 1. The number of anilines is 1. The Kier molecular flexibility index (Phi) is 4.91. The number of benzene rings is 1. The van der Waals surface area contributed by atoms with Gasteiger partial charge in [0.1, 0.15) is 5.82 Å². The highest BCUT2D eigenvalue weighted by Crippen LogP contribution is 2.23. The van der Waals surface area contributed by atoms with Crippen molar-refractivity contribution < 1.29 is 9.18 Å². The second kappa shape index (κ2) is 7.10. The van der Waals surface area contributed by atoms with Crippen LogP contribution in [0.4, 0.5) is 9.52 Å². The monoisotopic (exact) mass is 363 g/mol. The van der Waals surface area contributed by atoms with Crippen LogP contribution in [0.25, 0.3) is 11.4 Å². The van der Waals surface area contributed by atoms with Crippen molar-refractivity contribution >= 4 is 34.1 Å². The van der Waals surface area contributed by atoms with Gasteiger partial charge in [-0.3, -0.25) is 4.79 Å². The average Bonchev–Trinajstić information content (AvgIpc) is 3.11. The molecule has 6 nitrogen and oxygen atoms in total. The van der Waals surface area contributed by atoms with Gasteiger partial charge in [0.2, 0.25) is 5.91 Å². The number of hydrogen-bond acceptors (Lipinski definition) is 6. The van der Waals surface area contributed by atoms with Gasteiger partial charge in [-0.05, 0) is 19.1 Å². The number of hydrogen-bond donors (Lipinski definition) is 1. The minimum atomic E-state index is -0.331. The summed E-state index contributed by atoms with van der Waals surface area (Å²) in [5.74, 6) is 0.244. The molecule has 1 N–H and O–H groups in total. The fraction of sp³-hybridized carbons (Fsp3) is 0.200. The molecule has 2 aromatic heterocycles. The Hall–Kier alpha value is -2.26. The molecule has 0 saturated heterocycles. The van der Waals surface area contributed by atoms with E-state index in [9.17, 15) is 9.18 Å². The zero-order chi connectivity index (χ0) is 17.1. The molecule has 0 atom stereocenters. The third-order valence-electron chi connectivity index (χ3n) is 3.12. The molecule has 0 spiro atoms. The van der Waals surface area contributed by atoms with Gasteiger partial charge in [0.25, 0.3) is 0 Å².